The number of aryl methyl sites for hydroxylation is 1. The van der Waals surface area contributed by atoms with Gasteiger partial charge in [0, 0.05) is 17.5 Å². The van der Waals surface area contributed by atoms with Crippen LogP contribution in [-0.4, -0.2) is 44.6 Å². The molecular weight excluding hydrogens is 509 g/mol. The van der Waals surface area contributed by atoms with Gasteiger partial charge in [0.2, 0.25) is 10.0 Å². The van der Waals surface area contributed by atoms with Gasteiger partial charge < -0.3 is 9.47 Å². The van der Waals surface area contributed by atoms with Gasteiger partial charge in [-0.15, -0.1) is 0 Å². The summed E-state index contributed by atoms with van der Waals surface area (Å²) >= 11 is 0. The first-order valence-corrected chi connectivity index (χ1v) is 13.5. The second-order valence-electron chi connectivity index (χ2n) is 9.92. The number of nitrogens with zero attached hydrogens (tertiary/aromatic N) is 2. The van der Waals surface area contributed by atoms with Gasteiger partial charge in [0.25, 0.3) is 5.91 Å². The molecule has 38 heavy (non-hydrogen) atoms. The van der Waals surface area contributed by atoms with Crippen LogP contribution in [0.15, 0.2) is 76.7 Å². The fraction of sp³-hybridized carbons (Fsp3) is 0.286. The molecule has 0 unspecified atom stereocenters. The summed E-state index contributed by atoms with van der Waals surface area (Å²) in [7, 11) is -4.10. The topological polar surface area (TPSA) is 97.3 Å². The maximum absolute atomic E-state index is 14.3. The third-order valence-electron chi connectivity index (χ3n) is 5.89. The van der Waals surface area contributed by atoms with E-state index in [4.69, 9.17) is 9.47 Å². The van der Waals surface area contributed by atoms with Gasteiger partial charge in [0.15, 0.2) is 11.5 Å². The number of benzene rings is 3. The van der Waals surface area contributed by atoms with Gasteiger partial charge in [-0.25, -0.2) is 18.2 Å². The quantitative estimate of drug-likeness (QED) is 0.341. The first-order valence-electron chi connectivity index (χ1n) is 12.1. The maximum atomic E-state index is 14.3. The Balaban J connectivity index is 1.48. The van der Waals surface area contributed by atoms with E-state index >= 15 is 0 Å². The summed E-state index contributed by atoms with van der Waals surface area (Å²) in [6, 6.07) is 17.4. The number of hydrazone groups is 1. The van der Waals surface area contributed by atoms with Gasteiger partial charge >= 0.3 is 0 Å². The van der Waals surface area contributed by atoms with Crippen LogP contribution >= 0.6 is 0 Å². The Morgan fingerprint density at radius 2 is 1.74 bits per heavy atom. The van der Waals surface area contributed by atoms with Gasteiger partial charge in [0.1, 0.15) is 5.82 Å². The molecule has 0 saturated carbocycles. The zero-order valence-corrected chi connectivity index (χ0v) is 22.3. The average Bonchev–Trinajstić information content (AvgIpc) is 3.03. The molecule has 0 radical (unpaired) electrons. The molecule has 10 heteroatoms. The summed E-state index contributed by atoms with van der Waals surface area (Å²) in [5.41, 5.74) is 3.92. The first kappa shape index (κ1) is 27.3. The first-order chi connectivity index (χ1) is 18.0. The van der Waals surface area contributed by atoms with Crippen LogP contribution in [0, 0.1) is 18.2 Å². The maximum Gasteiger partial charge on any atom is 0.255 e. The number of rotatable bonds is 8. The van der Waals surface area contributed by atoms with E-state index in [0.717, 1.165) is 9.87 Å². The number of carbonyl (C=O) groups is 1. The Morgan fingerprint density at radius 3 is 2.45 bits per heavy atom. The lowest BCUT2D eigenvalue weighted by Crippen LogP contribution is -2.39. The lowest BCUT2D eigenvalue weighted by atomic mass is 9.97. The van der Waals surface area contributed by atoms with E-state index < -0.39 is 28.3 Å². The van der Waals surface area contributed by atoms with Crippen molar-refractivity contribution in [3.05, 3.63) is 89.2 Å². The smallest absolute Gasteiger partial charge is 0.255 e. The molecule has 1 heterocycles. The summed E-state index contributed by atoms with van der Waals surface area (Å²) in [4.78, 5) is 12.7. The third kappa shape index (κ3) is 6.76. The van der Waals surface area contributed by atoms with Crippen molar-refractivity contribution in [1.29, 1.82) is 0 Å². The van der Waals surface area contributed by atoms with Crippen LogP contribution in [0.5, 0.6) is 11.5 Å². The molecule has 3 aromatic carbocycles. The van der Waals surface area contributed by atoms with Gasteiger partial charge in [0.05, 0.1) is 30.9 Å². The molecule has 0 saturated heterocycles. The molecule has 0 bridgehead atoms. The van der Waals surface area contributed by atoms with E-state index in [1.807, 2.05) is 20.8 Å². The van der Waals surface area contributed by atoms with E-state index in [1.165, 1.54) is 36.5 Å². The Bertz CT molecular complexity index is 1440. The van der Waals surface area contributed by atoms with Crippen molar-refractivity contribution >= 4 is 22.1 Å². The minimum Gasteiger partial charge on any atom is -0.489 e. The van der Waals surface area contributed by atoms with Crippen LogP contribution < -0.4 is 14.9 Å². The van der Waals surface area contributed by atoms with Gasteiger partial charge in [-0.3, -0.25) is 4.79 Å². The van der Waals surface area contributed by atoms with E-state index in [1.54, 1.807) is 36.4 Å². The van der Waals surface area contributed by atoms with E-state index in [9.17, 15) is 17.6 Å². The molecule has 1 amide bonds. The second-order valence-corrected chi connectivity index (χ2v) is 11.9. The fourth-order valence-electron chi connectivity index (χ4n) is 3.70. The highest BCUT2D eigenvalue weighted by atomic mass is 32.2. The Morgan fingerprint density at radius 1 is 1.05 bits per heavy atom. The number of fused-ring (bicyclic) bond motifs is 1. The van der Waals surface area contributed by atoms with Crippen molar-refractivity contribution in [3.8, 4) is 11.5 Å². The van der Waals surface area contributed by atoms with Crippen molar-refractivity contribution < 1.29 is 27.1 Å². The summed E-state index contributed by atoms with van der Waals surface area (Å²) in [5.74, 6) is -0.0369. The molecule has 200 valence electrons. The number of carbonyl (C=O) groups excluding carboxylic acids is 1. The molecule has 0 aromatic heterocycles. The lowest BCUT2D eigenvalue weighted by Gasteiger charge is -2.22. The van der Waals surface area contributed by atoms with E-state index in [2.05, 4.69) is 10.5 Å². The van der Waals surface area contributed by atoms with Gasteiger partial charge in [-0.05, 0) is 48.9 Å². The molecule has 1 aliphatic rings. The molecule has 1 N–H and O–H groups in total. The van der Waals surface area contributed by atoms with Crippen LogP contribution in [0.3, 0.4) is 0 Å². The number of hydrogen-bond donors (Lipinski definition) is 1. The summed E-state index contributed by atoms with van der Waals surface area (Å²) in [6.45, 7) is 6.07. The highest BCUT2D eigenvalue weighted by Gasteiger charge is 2.28. The zero-order chi connectivity index (χ0) is 27.3. The number of hydrogen-bond acceptors (Lipinski definition) is 6. The summed E-state index contributed by atoms with van der Waals surface area (Å²) < 4.78 is 53.7. The van der Waals surface area contributed by atoms with Crippen molar-refractivity contribution in [3.63, 3.8) is 0 Å². The molecule has 0 fully saturated rings. The van der Waals surface area contributed by atoms with Gasteiger partial charge in [-0.2, -0.15) is 9.41 Å². The van der Waals surface area contributed by atoms with Crippen molar-refractivity contribution in [2.75, 3.05) is 19.8 Å². The predicted molar refractivity (Wildman–Crippen MR) is 142 cm³/mol. The molecule has 3 aromatic rings. The predicted octanol–water partition coefficient (Wildman–Crippen LogP) is 4.27. The lowest BCUT2D eigenvalue weighted by molar-refractivity contribution is -0.121. The minimum absolute atomic E-state index is 0.00566. The van der Waals surface area contributed by atoms with E-state index in [-0.39, 0.29) is 22.4 Å². The second kappa shape index (κ2) is 11.3. The Hall–Kier alpha value is -3.76. The Kier molecular flexibility index (Phi) is 8.13. The molecule has 0 spiro atoms. The van der Waals surface area contributed by atoms with Crippen molar-refractivity contribution in [1.82, 2.24) is 9.73 Å². The van der Waals surface area contributed by atoms with Gasteiger partial charge in [-0.1, -0.05) is 49.7 Å². The average molecular weight is 540 g/mol. The molecule has 1 aliphatic heterocycles. The highest BCUT2D eigenvalue weighted by Crippen LogP contribution is 2.34. The SMILES string of the molecule is Cc1ccc(S(=O)(=O)N(CC(=O)N/N=C/c2ccc3c(c2)OCC(C)(C)CO3)Cc2ccccc2F)cc1. The Labute approximate surface area is 222 Å². The summed E-state index contributed by atoms with van der Waals surface area (Å²) in [6.07, 6.45) is 1.42. The fourth-order valence-corrected chi connectivity index (χ4v) is 5.08. The van der Waals surface area contributed by atoms with E-state index in [0.29, 0.717) is 30.3 Å². The number of sulfonamides is 1. The van der Waals surface area contributed by atoms with Crippen LogP contribution in [0.1, 0.15) is 30.5 Å². The largest absolute Gasteiger partial charge is 0.489 e. The molecule has 0 aliphatic carbocycles. The van der Waals surface area contributed by atoms with Crippen LogP contribution in [-0.2, 0) is 21.4 Å². The molecule has 8 nitrogen and oxygen atoms in total. The molecule has 4 rings (SSSR count). The molecular formula is C28H30FN3O5S. The zero-order valence-electron chi connectivity index (χ0n) is 21.5. The molecule has 0 atom stereocenters. The minimum atomic E-state index is -4.10. The number of ether oxygens (including phenoxy) is 2. The van der Waals surface area contributed by atoms with Crippen molar-refractivity contribution in [2.24, 2.45) is 10.5 Å². The normalized spacial score (nSPS) is 14.9. The number of nitrogens with one attached hydrogen (secondary N) is 1. The highest BCUT2D eigenvalue weighted by molar-refractivity contribution is 7.89. The van der Waals surface area contributed by atoms with Crippen LogP contribution in [0.2, 0.25) is 0 Å². The standard InChI is InChI=1S/C28H30FN3O5S/c1-20-8-11-23(12-9-20)38(34,35)32(16-22-6-4-5-7-24(22)29)17-27(33)31-30-15-21-10-13-25-26(14-21)37-19-28(2,3)18-36-25/h4-15H,16-19H2,1-3H3,(H,31,33)/b30-15+. The third-order valence-corrected chi connectivity index (χ3v) is 7.70. The number of amides is 1. The number of halogens is 1. The monoisotopic (exact) mass is 539 g/mol. The van der Waals surface area contributed by atoms with Crippen LogP contribution in [0.25, 0.3) is 0 Å². The summed E-state index contributed by atoms with van der Waals surface area (Å²) in [5, 5.41) is 3.97. The van der Waals surface area contributed by atoms with Crippen LogP contribution in [0.4, 0.5) is 4.39 Å². The van der Waals surface area contributed by atoms with Crippen molar-refractivity contribution in [2.45, 2.75) is 32.2 Å².